The number of hydrogen-bond donors (Lipinski definition) is 1. The van der Waals surface area contributed by atoms with E-state index in [1.807, 2.05) is 0 Å². The molecule has 2 rings (SSSR count). The number of unbranched alkanes of at least 4 members (excludes halogenated alkanes) is 1. The van der Waals surface area contributed by atoms with Crippen molar-refractivity contribution >= 4 is 0 Å². The fourth-order valence-corrected chi connectivity index (χ4v) is 2.97. The predicted molar refractivity (Wildman–Crippen MR) is 69.0 cm³/mol. The highest BCUT2D eigenvalue weighted by atomic mass is 16.5. The SMILES string of the molecule is NC(CCCCC1CCOCC1)C1CCCO1. The third-order valence-electron chi connectivity index (χ3n) is 4.18. The zero-order valence-electron chi connectivity index (χ0n) is 10.9. The molecule has 0 aromatic carbocycles. The molecule has 0 spiro atoms. The first-order valence-electron chi connectivity index (χ1n) is 7.31. The zero-order valence-corrected chi connectivity index (χ0v) is 10.9. The van der Waals surface area contributed by atoms with Crippen LogP contribution in [0.5, 0.6) is 0 Å². The Labute approximate surface area is 105 Å². The van der Waals surface area contributed by atoms with Crippen molar-refractivity contribution in [2.45, 2.75) is 63.5 Å². The summed E-state index contributed by atoms with van der Waals surface area (Å²) in [5, 5.41) is 0. The molecular weight excluding hydrogens is 214 g/mol. The van der Waals surface area contributed by atoms with E-state index in [0.29, 0.717) is 6.10 Å². The van der Waals surface area contributed by atoms with Gasteiger partial charge in [-0.05, 0) is 38.0 Å². The normalized spacial score (nSPS) is 28.4. The number of nitrogens with two attached hydrogens (primary N) is 1. The summed E-state index contributed by atoms with van der Waals surface area (Å²) in [5.41, 5.74) is 6.15. The Morgan fingerprint density at radius 1 is 1.06 bits per heavy atom. The van der Waals surface area contributed by atoms with Crippen LogP contribution in [0.15, 0.2) is 0 Å². The van der Waals surface area contributed by atoms with Gasteiger partial charge in [0.25, 0.3) is 0 Å². The molecule has 2 aliphatic rings. The molecule has 0 aromatic rings. The Hall–Kier alpha value is -0.120. The van der Waals surface area contributed by atoms with Gasteiger partial charge in [0.2, 0.25) is 0 Å². The summed E-state index contributed by atoms with van der Waals surface area (Å²) in [6.45, 7) is 2.86. The standard InChI is InChI=1S/C14H27NO2/c15-13(14-6-3-9-17-14)5-2-1-4-12-7-10-16-11-8-12/h12-14H,1-11,15H2. The maximum Gasteiger partial charge on any atom is 0.0726 e. The molecule has 2 fully saturated rings. The fourth-order valence-electron chi connectivity index (χ4n) is 2.97. The third-order valence-corrected chi connectivity index (χ3v) is 4.18. The molecule has 100 valence electrons. The first-order valence-corrected chi connectivity index (χ1v) is 7.31. The Kier molecular flexibility index (Phi) is 5.75. The number of hydrogen-bond acceptors (Lipinski definition) is 3. The van der Waals surface area contributed by atoms with Crippen LogP contribution >= 0.6 is 0 Å². The second-order valence-electron chi connectivity index (χ2n) is 5.56. The van der Waals surface area contributed by atoms with Crippen LogP contribution < -0.4 is 5.73 Å². The lowest BCUT2D eigenvalue weighted by atomic mass is 9.92. The van der Waals surface area contributed by atoms with Gasteiger partial charge in [-0.3, -0.25) is 0 Å². The van der Waals surface area contributed by atoms with Crippen molar-refractivity contribution in [1.29, 1.82) is 0 Å². The fraction of sp³-hybridized carbons (Fsp3) is 1.00. The number of rotatable bonds is 6. The monoisotopic (exact) mass is 241 g/mol. The van der Waals surface area contributed by atoms with Crippen molar-refractivity contribution in [3.05, 3.63) is 0 Å². The minimum absolute atomic E-state index is 0.271. The second-order valence-corrected chi connectivity index (χ2v) is 5.56. The molecule has 2 heterocycles. The molecule has 2 saturated heterocycles. The summed E-state index contributed by atoms with van der Waals surface area (Å²) in [5.74, 6) is 0.905. The molecule has 2 unspecified atom stereocenters. The molecular formula is C14H27NO2. The van der Waals surface area contributed by atoms with E-state index in [9.17, 15) is 0 Å². The van der Waals surface area contributed by atoms with Gasteiger partial charge >= 0.3 is 0 Å². The molecule has 0 aliphatic carbocycles. The maximum absolute atomic E-state index is 6.15. The Morgan fingerprint density at radius 2 is 1.88 bits per heavy atom. The summed E-state index contributed by atoms with van der Waals surface area (Å²) < 4.78 is 11.0. The number of ether oxygens (including phenoxy) is 2. The first kappa shape index (κ1) is 13.3. The van der Waals surface area contributed by atoms with Crippen molar-refractivity contribution in [3.8, 4) is 0 Å². The van der Waals surface area contributed by atoms with E-state index in [1.54, 1.807) is 0 Å². The molecule has 0 saturated carbocycles. The van der Waals surface area contributed by atoms with Gasteiger partial charge in [-0.2, -0.15) is 0 Å². The van der Waals surface area contributed by atoms with Crippen LogP contribution in [0.4, 0.5) is 0 Å². The first-order chi connectivity index (χ1) is 8.36. The predicted octanol–water partition coefficient (Wildman–Crippen LogP) is 2.48. The summed E-state index contributed by atoms with van der Waals surface area (Å²) in [6, 6.07) is 0.271. The molecule has 2 aliphatic heterocycles. The molecule has 0 amide bonds. The lowest BCUT2D eigenvalue weighted by Gasteiger charge is -2.22. The highest BCUT2D eigenvalue weighted by Crippen LogP contribution is 2.22. The minimum atomic E-state index is 0.271. The average molecular weight is 241 g/mol. The molecule has 0 aromatic heterocycles. The van der Waals surface area contributed by atoms with E-state index in [-0.39, 0.29) is 6.04 Å². The van der Waals surface area contributed by atoms with E-state index >= 15 is 0 Å². The topological polar surface area (TPSA) is 44.5 Å². The van der Waals surface area contributed by atoms with Crippen molar-refractivity contribution < 1.29 is 9.47 Å². The van der Waals surface area contributed by atoms with Crippen LogP contribution in [0.2, 0.25) is 0 Å². The van der Waals surface area contributed by atoms with Gasteiger partial charge < -0.3 is 15.2 Å². The van der Waals surface area contributed by atoms with Gasteiger partial charge in [0, 0.05) is 25.9 Å². The Bertz CT molecular complexity index is 198. The largest absolute Gasteiger partial charge is 0.381 e. The van der Waals surface area contributed by atoms with Crippen molar-refractivity contribution in [3.63, 3.8) is 0 Å². The van der Waals surface area contributed by atoms with Gasteiger partial charge in [-0.15, -0.1) is 0 Å². The summed E-state index contributed by atoms with van der Waals surface area (Å²) >= 11 is 0. The molecule has 2 atom stereocenters. The maximum atomic E-state index is 6.15. The second kappa shape index (κ2) is 7.34. The highest BCUT2D eigenvalue weighted by Gasteiger charge is 2.22. The lowest BCUT2D eigenvalue weighted by Crippen LogP contribution is -2.34. The molecule has 2 N–H and O–H groups in total. The van der Waals surface area contributed by atoms with E-state index in [2.05, 4.69) is 0 Å². The molecule has 0 bridgehead atoms. The van der Waals surface area contributed by atoms with Gasteiger partial charge in [-0.25, -0.2) is 0 Å². The van der Waals surface area contributed by atoms with E-state index in [4.69, 9.17) is 15.2 Å². The van der Waals surface area contributed by atoms with Crippen molar-refractivity contribution in [1.82, 2.24) is 0 Å². The van der Waals surface area contributed by atoms with Crippen LogP contribution in [-0.4, -0.2) is 32.0 Å². The smallest absolute Gasteiger partial charge is 0.0726 e. The van der Waals surface area contributed by atoms with E-state index in [1.165, 1.54) is 44.9 Å². The Morgan fingerprint density at radius 3 is 2.59 bits per heavy atom. The summed E-state index contributed by atoms with van der Waals surface area (Å²) in [6.07, 6.45) is 10.3. The summed E-state index contributed by atoms with van der Waals surface area (Å²) in [7, 11) is 0. The van der Waals surface area contributed by atoms with Crippen molar-refractivity contribution in [2.75, 3.05) is 19.8 Å². The highest BCUT2D eigenvalue weighted by molar-refractivity contribution is 4.77. The van der Waals surface area contributed by atoms with Gasteiger partial charge in [0.05, 0.1) is 6.10 Å². The van der Waals surface area contributed by atoms with E-state index in [0.717, 1.165) is 32.2 Å². The van der Waals surface area contributed by atoms with Crippen LogP contribution in [0.25, 0.3) is 0 Å². The van der Waals surface area contributed by atoms with Gasteiger partial charge in [0.1, 0.15) is 0 Å². The molecule has 17 heavy (non-hydrogen) atoms. The summed E-state index contributed by atoms with van der Waals surface area (Å²) in [4.78, 5) is 0. The minimum Gasteiger partial charge on any atom is -0.381 e. The van der Waals surface area contributed by atoms with Crippen LogP contribution in [-0.2, 0) is 9.47 Å². The quantitative estimate of drug-likeness (QED) is 0.727. The van der Waals surface area contributed by atoms with Gasteiger partial charge in [-0.1, -0.05) is 19.3 Å². The van der Waals surface area contributed by atoms with E-state index < -0.39 is 0 Å². The lowest BCUT2D eigenvalue weighted by molar-refractivity contribution is 0.0625. The zero-order chi connectivity index (χ0) is 11.9. The molecule has 3 heteroatoms. The molecule has 0 radical (unpaired) electrons. The third kappa shape index (κ3) is 4.57. The average Bonchev–Trinajstić information content (AvgIpc) is 2.89. The molecule has 3 nitrogen and oxygen atoms in total. The Balaban J connectivity index is 1.50. The van der Waals surface area contributed by atoms with Crippen LogP contribution in [0.3, 0.4) is 0 Å². The van der Waals surface area contributed by atoms with Gasteiger partial charge in [0.15, 0.2) is 0 Å². The van der Waals surface area contributed by atoms with Crippen LogP contribution in [0, 0.1) is 5.92 Å². The van der Waals surface area contributed by atoms with Crippen LogP contribution in [0.1, 0.15) is 51.4 Å². The van der Waals surface area contributed by atoms with Crippen molar-refractivity contribution in [2.24, 2.45) is 11.7 Å².